The number of aromatic nitrogens is 3. The normalized spacial score (nSPS) is 34.2. The lowest BCUT2D eigenvalue weighted by Gasteiger charge is -2.41. The molecule has 2 bridgehead atoms. The van der Waals surface area contributed by atoms with Gasteiger partial charge in [-0.25, -0.2) is 13.8 Å². The van der Waals surface area contributed by atoms with Crippen molar-refractivity contribution >= 4 is 25.2 Å². The second kappa shape index (κ2) is 12.5. The van der Waals surface area contributed by atoms with Crippen molar-refractivity contribution in [3.05, 3.63) is 47.3 Å². The molecule has 8 nitrogen and oxygen atoms in total. The van der Waals surface area contributed by atoms with Gasteiger partial charge in [-0.1, -0.05) is 39.6 Å². The second-order valence-corrected chi connectivity index (χ2v) is 19.7. The van der Waals surface area contributed by atoms with Crippen LogP contribution in [0.2, 0.25) is 25.7 Å². The summed E-state index contributed by atoms with van der Waals surface area (Å²) in [5, 5.41) is 12.4. The van der Waals surface area contributed by atoms with Crippen molar-refractivity contribution in [2.45, 2.75) is 108 Å². The van der Waals surface area contributed by atoms with Crippen molar-refractivity contribution < 1.29 is 28.5 Å². The number of ether oxygens (including phenoxy) is 2. The molecular formula is C33H45F2N5O3Si. The summed E-state index contributed by atoms with van der Waals surface area (Å²) in [6.07, 6.45) is 0.463. The fourth-order valence-corrected chi connectivity index (χ4v) is 6.48. The van der Waals surface area contributed by atoms with Crippen molar-refractivity contribution in [2.75, 3.05) is 25.3 Å². The Labute approximate surface area is 265 Å². The molecule has 3 aliphatic rings. The van der Waals surface area contributed by atoms with Gasteiger partial charge in [-0.2, -0.15) is 5.26 Å². The van der Waals surface area contributed by atoms with E-state index < -0.39 is 70.0 Å². The number of halogens is 2. The number of anilines is 1. The number of nitriles is 1. The molecule has 1 N–H and O–H groups in total. The maximum atomic E-state index is 14.7. The number of nitrogens with one attached hydrogen (secondary N) is 1. The Morgan fingerprint density at radius 1 is 1.27 bits per heavy atom. The molecule has 44 heavy (non-hydrogen) atoms. The summed E-state index contributed by atoms with van der Waals surface area (Å²) in [6, 6.07) is 5.90. The quantitative estimate of drug-likeness (QED) is 0.205. The minimum absolute atomic E-state index is 0.0289. The third-order valence-electron chi connectivity index (χ3n) is 8.48. The molecule has 0 saturated carbocycles. The topological polar surface area (TPSA) is 102 Å². The van der Waals surface area contributed by atoms with Crippen LogP contribution in [0.25, 0.3) is 5.57 Å². The van der Waals surface area contributed by atoms with E-state index in [2.05, 4.69) is 43.8 Å². The van der Waals surface area contributed by atoms with Gasteiger partial charge in [0.05, 0.1) is 22.6 Å². The molecule has 2 saturated heterocycles. The van der Waals surface area contributed by atoms with Gasteiger partial charge in [-0.05, 0) is 74.0 Å². The van der Waals surface area contributed by atoms with Crippen LogP contribution in [0.15, 0.2) is 24.4 Å². The Hall–Kier alpha value is -2.94. The molecular weight excluding hydrogens is 580 g/mol. The lowest BCUT2D eigenvalue weighted by molar-refractivity contribution is -0.160. The highest BCUT2D eigenvalue weighted by atomic mass is 28.3. The van der Waals surface area contributed by atoms with Crippen molar-refractivity contribution in [1.29, 1.82) is 5.26 Å². The van der Waals surface area contributed by atoms with E-state index in [4.69, 9.17) is 18.6 Å². The monoisotopic (exact) mass is 629 g/mol. The van der Waals surface area contributed by atoms with E-state index in [-0.39, 0.29) is 29.4 Å². The Balaban J connectivity index is 1.52. The van der Waals surface area contributed by atoms with Crippen LogP contribution in [0.3, 0.4) is 0 Å². The van der Waals surface area contributed by atoms with E-state index in [1.54, 1.807) is 6.07 Å². The molecule has 0 aromatic carbocycles. The van der Waals surface area contributed by atoms with Crippen LogP contribution in [0.4, 0.5) is 14.5 Å². The molecule has 2 aliphatic heterocycles. The molecule has 1 amide bonds. The van der Waals surface area contributed by atoms with Gasteiger partial charge >= 0.3 is 0 Å². The first-order valence-electron chi connectivity index (χ1n) is 17.3. The zero-order valence-corrected chi connectivity index (χ0v) is 27.2. The number of amides is 1. The number of imidazole rings is 1. The third-order valence-corrected chi connectivity index (χ3v) is 10.2. The Morgan fingerprint density at radius 2 is 2.02 bits per heavy atom. The van der Waals surface area contributed by atoms with Crippen LogP contribution in [-0.2, 0) is 16.2 Å². The molecule has 6 unspecified atom stereocenters. The number of carbonyl (C=O) groups is 1. The van der Waals surface area contributed by atoms with Gasteiger partial charge in [0.1, 0.15) is 26.1 Å². The molecule has 238 valence electrons. The highest BCUT2D eigenvalue weighted by molar-refractivity contribution is 6.76. The van der Waals surface area contributed by atoms with E-state index in [1.807, 2.05) is 12.1 Å². The third kappa shape index (κ3) is 7.13. The maximum Gasteiger partial charge on any atom is 0.291 e. The zero-order valence-electron chi connectivity index (χ0n) is 30.2. The number of carbonyl (C=O) groups excluding carboxylic acids is 1. The number of alkyl halides is 2. The Morgan fingerprint density at radius 3 is 2.68 bits per heavy atom. The molecule has 0 spiro atoms. The second-order valence-electron chi connectivity index (χ2n) is 14.1. The van der Waals surface area contributed by atoms with E-state index in [9.17, 15) is 20.2 Å². The Kier molecular flexibility index (Phi) is 7.75. The number of allylic oxidation sites excluding steroid dienone is 2. The van der Waals surface area contributed by atoms with Crippen LogP contribution in [-0.4, -0.2) is 59.7 Å². The lowest BCUT2D eigenvalue weighted by Crippen LogP contribution is -2.46. The molecule has 4 heterocycles. The van der Waals surface area contributed by atoms with Crippen molar-refractivity contribution in [3.8, 4) is 6.07 Å². The van der Waals surface area contributed by atoms with Gasteiger partial charge in [-0.3, -0.25) is 9.78 Å². The summed E-state index contributed by atoms with van der Waals surface area (Å²) in [4.78, 5) is 22.7. The van der Waals surface area contributed by atoms with Gasteiger partial charge in [0.2, 0.25) is 5.82 Å². The van der Waals surface area contributed by atoms with E-state index in [0.717, 1.165) is 24.5 Å². The highest BCUT2D eigenvalue weighted by Gasteiger charge is 2.56. The molecule has 0 radical (unpaired) electrons. The molecule has 11 heteroatoms. The number of pyridine rings is 1. The van der Waals surface area contributed by atoms with Crippen LogP contribution < -0.4 is 5.32 Å². The lowest BCUT2D eigenvalue weighted by atomic mass is 9.77. The molecule has 2 aromatic heterocycles. The van der Waals surface area contributed by atoms with Gasteiger partial charge in [0, 0.05) is 37.9 Å². The van der Waals surface area contributed by atoms with Crippen LogP contribution >= 0.6 is 0 Å². The molecule has 6 atom stereocenters. The number of nitrogens with zero attached hydrogens (tertiary/aromatic N) is 4. The number of rotatable bonds is 11. The average Bonchev–Trinajstić information content (AvgIpc) is 3.54. The maximum absolute atomic E-state index is 14.7. The van der Waals surface area contributed by atoms with Gasteiger partial charge in [0.25, 0.3) is 5.91 Å². The van der Waals surface area contributed by atoms with Crippen LogP contribution in [0.1, 0.15) is 97.8 Å². The first-order valence-corrected chi connectivity index (χ1v) is 18.8. The molecule has 2 aromatic rings. The van der Waals surface area contributed by atoms with E-state index in [1.165, 1.54) is 16.8 Å². The number of hydrogen-bond acceptors (Lipinski definition) is 6. The average molecular weight is 630 g/mol. The fourth-order valence-electron chi connectivity index (χ4n) is 5.72. The minimum atomic E-state index is -2.16. The molecule has 2 fully saturated rings. The van der Waals surface area contributed by atoms with Crippen molar-refractivity contribution in [3.63, 3.8) is 0 Å². The highest BCUT2D eigenvalue weighted by Crippen LogP contribution is 2.53. The predicted octanol–water partition coefficient (Wildman–Crippen LogP) is 7.41. The first kappa shape index (κ1) is 27.4. The zero-order chi connectivity index (χ0) is 35.3. The van der Waals surface area contributed by atoms with E-state index in [0.29, 0.717) is 24.4 Å². The Bertz CT molecular complexity index is 1630. The first-order chi connectivity index (χ1) is 22.4. The fraction of sp³-hybridized carbons (Fsp3) is 0.636. The van der Waals surface area contributed by atoms with Crippen molar-refractivity contribution in [1.82, 2.24) is 14.5 Å². The summed E-state index contributed by atoms with van der Waals surface area (Å²) in [6.45, 7) is 9.01. The summed E-state index contributed by atoms with van der Waals surface area (Å²) in [7, 11) is -1.35. The van der Waals surface area contributed by atoms with Crippen LogP contribution in [0.5, 0.6) is 0 Å². The largest absolute Gasteiger partial charge is 0.363 e. The standard InChI is InChI=1S/C33H45F2N5O3Si/c1-31(2)10-8-23(9-11-31)28-27(7-6-26(38-28)24-16-32(20-34)12-13-33(17-24,21-35)43-32)39-30(41)29-37-25(18-36)19-40(29)22-42-14-15-44(3,4)5/h6-8,19,24H,9-17,20-22H2,1-5H3,(H,39,41)/i12D,13D,16D,24D. The summed E-state index contributed by atoms with van der Waals surface area (Å²) >= 11 is 0. The SMILES string of the molecule is [2H]C1C([2H])C2(CF)OC1(CF)CC([2H])(c1ccc(NC(=O)c3nc(C#N)cn3COCC[Si](C)(C)C)c(C3=CCC(C)(C)CC3)n1)C2[2H]. The number of fused-ring (bicyclic) bond motifs is 2. The van der Waals surface area contributed by atoms with Crippen molar-refractivity contribution in [2.24, 2.45) is 5.41 Å². The summed E-state index contributed by atoms with van der Waals surface area (Å²) in [5.41, 5.74) is -2.48. The predicted molar refractivity (Wildman–Crippen MR) is 169 cm³/mol. The van der Waals surface area contributed by atoms with E-state index >= 15 is 0 Å². The van der Waals surface area contributed by atoms with Gasteiger partial charge in [0.15, 0.2) is 5.69 Å². The van der Waals surface area contributed by atoms with Gasteiger partial charge < -0.3 is 19.4 Å². The molecule has 5 rings (SSSR count). The van der Waals surface area contributed by atoms with Gasteiger partial charge in [-0.15, -0.1) is 0 Å². The number of hydrogen-bond donors (Lipinski definition) is 1. The summed E-state index contributed by atoms with van der Waals surface area (Å²) in [5.74, 6) is -2.65. The summed E-state index contributed by atoms with van der Waals surface area (Å²) < 4.78 is 77.8. The smallest absolute Gasteiger partial charge is 0.291 e. The minimum Gasteiger partial charge on any atom is -0.363 e. The molecule has 1 aliphatic carbocycles. The van der Waals surface area contributed by atoms with Crippen LogP contribution in [0, 0.1) is 16.7 Å².